The van der Waals surface area contributed by atoms with Crippen LogP contribution in [-0.4, -0.2) is 17.4 Å². The van der Waals surface area contributed by atoms with Gasteiger partial charge in [-0.05, 0) is 6.42 Å². The molecule has 0 saturated heterocycles. The molecule has 3 N–H and O–H groups in total. The first-order chi connectivity index (χ1) is 7.27. The maximum Gasteiger partial charge on any atom is 0.224 e. The minimum atomic E-state index is -0.0529. The fourth-order valence-corrected chi connectivity index (χ4v) is 1.89. The van der Waals surface area contributed by atoms with Crippen LogP contribution in [0.4, 0.5) is 0 Å². The molecule has 1 aromatic heterocycles. The third kappa shape index (κ3) is 3.97. The van der Waals surface area contributed by atoms with Gasteiger partial charge in [-0.2, -0.15) is 0 Å². The van der Waals surface area contributed by atoms with Gasteiger partial charge in [0.25, 0.3) is 0 Å². The lowest BCUT2D eigenvalue weighted by Crippen LogP contribution is -2.34. The third-order valence-electron chi connectivity index (χ3n) is 2.21. The van der Waals surface area contributed by atoms with E-state index >= 15 is 0 Å². The fraction of sp³-hybridized carbons (Fsp3) is 0.600. The number of nitrogens with two attached hydrogens (primary N) is 1. The summed E-state index contributed by atoms with van der Waals surface area (Å²) < 4.78 is 0. The van der Waals surface area contributed by atoms with Crippen molar-refractivity contribution in [1.82, 2.24) is 10.3 Å². The third-order valence-corrected chi connectivity index (χ3v) is 2.99. The van der Waals surface area contributed by atoms with Gasteiger partial charge in [0.1, 0.15) is 0 Å². The first-order valence-electron chi connectivity index (χ1n) is 5.13. The van der Waals surface area contributed by atoms with Crippen molar-refractivity contribution in [1.29, 1.82) is 0 Å². The predicted molar refractivity (Wildman–Crippen MR) is 61.4 cm³/mol. The molecule has 0 saturated carbocycles. The quantitative estimate of drug-likeness (QED) is 0.765. The molecule has 0 aromatic carbocycles. The van der Waals surface area contributed by atoms with Crippen LogP contribution >= 0.6 is 11.3 Å². The highest BCUT2D eigenvalue weighted by Crippen LogP contribution is 2.07. The number of carbonyl (C=O) groups excluding carboxylic acids is 1. The van der Waals surface area contributed by atoms with Crippen molar-refractivity contribution in [2.75, 3.05) is 6.54 Å². The molecule has 0 aliphatic carbocycles. The Morgan fingerprint density at radius 2 is 2.53 bits per heavy atom. The van der Waals surface area contributed by atoms with Crippen molar-refractivity contribution in [3.63, 3.8) is 0 Å². The van der Waals surface area contributed by atoms with Gasteiger partial charge in [-0.15, -0.1) is 11.3 Å². The second-order valence-electron chi connectivity index (χ2n) is 3.41. The van der Waals surface area contributed by atoms with E-state index in [2.05, 4.69) is 17.2 Å². The van der Waals surface area contributed by atoms with Crippen molar-refractivity contribution in [2.24, 2.45) is 11.7 Å². The Labute approximate surface area is 93.9 Å². The summed E-state index contributed by atoms with van der Waals surface area (Å²) in [5.41, 5.74) is 7.30. The first-order valence-corrected chi connectivity index (χ1v) is 6.01. The molecule has 1 amide bonds. The van der Waals surface area contributed by atoms with E-state index in [0.717, 1.165) is 17.7 Å². The number of nitrogens with one attached hydrogen (secondary N) is 1. The van der Waals surface area contributed by atoms with Crippen molar-refractivity contribution >= 4 is 17.2 Å². The molecule has 1 heterocycles. The number of rotatable bonds is 6. The smallest absolute Gasteiger partial charge is 0.224 e. The highest BCUT2D eigenvalue weighted by atomic mass is 32.1. The molecule has 84 valence electrons. The molecule has 0 fully saturated rings. The zero-order valence-electron chi connectivity index (χ0n) is 8.90. The summed E-state index contributed by atoms with van der Waals surface area (Å²) >= 11 is 1.54. The van der Waals surface area contributed by atoms with Crippen molar-refractivity contribution in [3.05, 3.63) is 16.6 Å². The Balaban J connectivity index is 2.34. The highest BCUT2D eigenvalue weighted by Gasteiger charge is 2.14. The first kappa shape index (κ1) is 12.1. The van der Waals surface area contributed by atoms with Gasteiger partial charge in [-0.1, -0.05) is 13.3 Å². The Morgan fingerprint density at radius 3 is 3.07 bits per heavy atom. The molecule has 1 unspecified atom stereocenters. The van der Waals surface area contributed by atoms with Crippen LogP contribution in [0, 0.1) is 5.92 Å². The molecule has 0 bridgehead atoms. The molecule has 15 heavy (non-hydrogen) atoms. The Kier molecular flexibility index (Phi) is 5.28. The van der Waals surface area contributed by atoms with Crippen LogP contribution in [0.25, 0.3) is 0 Å². The van der Waals surface area contributed by atoms with Gasteiger partial charge in [-0.3, -0.25) is 9.78 Å². The summed E-state index contributed by atoms with van der Waals surface area (Å²) in [7, 11) is 0. The van der Waals surface area contributed by atoms with Gasteiger partial charge >= 0.3 is 0 Å². The van der Waals surface area contributed by atoms with Gasteiger partial charge in [0.05, 0.1) is 18.0 Å². The Morgan fingerprint density at radius 1 is 1.73 bits per heavy atom. The maximum absolute atomic E-state index is 11.7. The molecule has 0 aliphatic heterocycles. The van der Waals surface area contributed by atoms with Crippen LogP contribution in [0.5, 0.6) is 0 Å². The molecule has 0 aliphatic rings. The second kappa shape index (κ2) is 6.53. The molecular weight excluding hydrogens is 210 g/mol. The average Bonchev–Trinajstić information content (AvgIpc) is 2.75. The van der Waals surface area contributed by atoms with Gasteiger partial charge < -0.3 is 11.1 Å². The molecule has 0 radical (unpaired) electrons. The van der Waals surface area contributed by atoms with E-state index in [1.54, 1.807) is 23.0 Å². The van der Waals surface area contributed by atoms with Crippen LogP contribution in [0.2, 0.25) is 0 Å². The summed E-state index contributed by atoms with van der Waals surface area (Å²) in [5.74, 6) is -0.00401. The second-order valence-corrected chi connectivity index (χ2v) is 4.38. The minimum Gasteiger partial charge on any atom is -0.351 e. The lowest BCUT2D eigenvalue weighted by Gasteiger charge is -2.12. The summed E-state index contributed by atoms with van der Waals surface area (Å²) in [6.07, 6.45) is 3.60. The maximum atomic E-state index is 11.7. The normalized spacial score (nSPS) is 12.4. The lowest BCUT2D eigenvalue weighted by molar-refractivity contribution is -0.125. The SMILES string of the molecule is CCCC(CN)C(=O)NCc1cncs1. The van der Waals surface area contributed by atoms with Crippen molar-refractivity contribution in [2.45, 2.75) is 26.3 Å². The van der Waals surface area contributed by atoms with E-state index in [0.29, 0.717) is 13.1 Å². The van der Waals surface area contributed by atoms with Crippen molar-refractivity contribution in [3.8, 4) is 0 Å². The van der Waals surface area contributed by atoms with Crippen LogP contribution < -0.4 is 11.1 Å². The average molecular weight is 227 g/mol. The molecule has 1 rings (SSSR count). The van der Waals surface area contributed by atoms with E-state index in [1.165, 1.54) is 0 Å². The Hall–Kier alpha value is -0.940. The number of aromatic nitrogens is 1. The lowest BCUT2D eigenvalue weighted by atomic mass is 10.0. The molecule has 4 nitrogen and oxygen atoms in total. The minimum absolute atomic E-state index is 0.0488. The van der Waals surface area contributed by atoms with Crippen LogP contribution in [0.1, 0.15) is 24.6 Å². The van der Waals surface area contributed by atoms with Crippen LogP contribution in [0.15, 0.2) is 11.7 Å². The number of nitrogens with zero attached hydrogens (tertiary/aromatic N) is 1. The fourth-order valence-electron chi connectivity index (χ4n) is 1.35. The van der Waals surface area contributed by atoms with E-state index in [9.17, 15) is 4.79 Å². The topological polar surface area (TPSA) is 68.0 Å². The largest absolute Gasteiger partial charge is 0.351 e. The molecular formula is C10H17N3OS. The zero-order valence-corrected chi connectivity index (χ0v) is 9.72. The van der Waals surface area contributed by atoms with Gasteiger partial charge in [0.15, 0.2) is 0 Å². The Bertz CT molecular complexity index is 287. The van der Waals surface area contributed by atoms with Gasteiger partial charge in [0, 0.05) is 17.6 Å². The van der Waals surface area contributed by atoms with E-state index in [-0.39, 0.29) is 11.8 Å². The van der Waals surface area contributed by atoms with Crippen LogP contribution in [-0.2, 0) is 11.3 Å². The molecule has 0 spiro atoms. The van der Waals surface area contributed by atoms with Crippen LogP contribution in [0.3, 0.4) is 0 Å². The number of hydrogen-bond donors (Lipinski definition) is 2. The van der Waals surface area contributed by atoms with Crippen molar-refractivity contribution < 1.29 is 4.79 Å². The number of thiazole rings is 1. The van der Waals surface area contributed by atoms with Gasteiger partial charge in [0.2, 0.25) is 5.91 Å². The molecule has 1 atom stereocenters. The summed E-state index contributed by atoms with van der Waals surface area (Å²) in [6.45, 7) is 3.03. The zero-order chi connectivity index (χ0) is 11.1. The van der Waals surface area contributed by atoms with E-state index < -0.39 is 0 Å². The van der Waals surface area contributed by atoms with E-state index in [1.807, 2.05) is 0 Å². The summed E-state index contributed by atoms with van der Waals surface area (Å²) in [4.78, 5) is 16.7. The number of hydrogen-bond acceptors (Lipinski definition) is 4. The monoisotopic (exact) mass is 227 g/mol. The summed E-state index contributed by atoms with van der Waals surface area (Å²) in [5, 5.41) is 2.87. The summed E-state index contributed by atoms with van der Waals surface area (Å²) in [6, 6.07) is 0. The number of carbonyl (C=O) groups is 1. The van der Waals surface area contributed by atoms with E-state index in [4.69, 9.17) is 5.73 Å². The number of amides is 1. The molecule has 5 heteroatoms. The standard InChI is InChI=1S/C10H17N3OS/c1-2-3-8(4-11)10(14)13-6-9-5-12-7-15-9/h5,7-8H,2-4,6,11H2,1H3,(H,13,14). The molecule has 1 aromatic rings. The highest BCUT2D eigenvalue weighted by molar-refractivity contribution is 7.09. The van der Waals surface area contributed by atoms with Gasteiger partial charge in [-0.25, -0.2) is 0 Å². The predicted octanol–water partition coefficient (Wildman–Crippen LogP) is 1.13.